The zero-order valence-electron chi connectivity index (χ0n) is 18.3. The predicted molar refractivity (Wildman–Crippen MR) is 123 cm³/mol. The Labute approximate surface area is 188 Å². The standard InChI is InChI=1S/C27H29FN2O2/c28-24-7-3-6-23(17-24)27(10-1-2-11-27)26(31)30-13-14-32-19-21(18-30)15-20-8-9-25-22(16-20)5-4-12-29-25/h3-9,12,16-17,21H,1-2,10-11,13-15,18-19H2. The molecule has 1 amide bonds. The van der Waals surface area contributed by atoms with Crippen LogP contribution in [-0.2, 0) is 21.4 Å². The van der Waals surface area contributed by atoms with Crippen LogP contribution in [-0.4, -0.2) is 42.1 Å². The van der Waals surface area contributed by atoms with Crippen molar-refractivity contribution in [1.82, 2.24) is 9.88 Å². The second kappa shape index (κ2) is 8.99. The number of ether oxygens (including phenoxy) is 1. The molecule has 1 atom stereocenters. The highest BCUT2D eigenvalue weighted by atomic mass is 19.1. The average molecular weight is 433 g/mol. The SMILES string of the molecule is O=C(N1CCOCC(Cc2ccc3ncccc3c2)C1)C1(c2cccc(F)c2)CCCC1. The van der Waals surface area contributed by atoms with Gasteiger partial charge < -0.3 is 9.64 Å². The number of pyridine rings is 1. The Morgan fingerprint density at radius 3 is 2.84 bits per heavy atom. The van der Waals surface area contributed by atoms with E-state index < -0.39 is 5.41 Å². The van der Waals surface area contributed by atoms with E-state index in [0.717, 1.165) is 48.6 Å². The predicted octanol–water partition coefficient (Wildman–Crippen LogP) is 4.90. The smallest absolute Gasteiger partial charge is 0.233 e. The van der Waals surface area contributed by atoms with Gasteiger partial charge in [0.25, 0.3) is 0 Å². The third-order valence-electron chi connectivity index (χ3n) is 7.06. The summed E-state index contributed by atoms with van der Waals surface area (Å²) in [6, 6.07) is 17.0. The molecule has 0 N–H and O–H groups in total. The molecule has 2 aliphatic rings. The second-order valence-corrected chi connectivity index (χ2v) is 9.23. The van der Waals surface area contributed by atoms with E-state index in [-0.39, 0.29) is 17.6 Å². The molecule has 2 fully saturated rings. The topological polar surface area (TPSA) is 42.4 Å². The lowest BCUT2D eigenvalue weighted by molar-refractivity contribution is -0.137. The number of benzene rings is 2. The summed E-state index contributed by atoms with van der Waals surface area (Å²) in [6.45, 7) is 2.44. The Hall–Kier alpha value is -2.79. The number of hydrogen-bond acceptors (Lipinski definition) is 3. The first-order chi connectivity index (χ1) is 15.6. The Kier molecular flexibility index (Phi) is 5.92. The number of fused-ring (bicyclic) bond motifs is 1. The summed E-state index contributed by atoms with van der Waals surface area (Å²) in [6.07, 6.45) is 6.23. The minimum Gasteiger partial charge on any atom is -0.379 e. The fourth-order valence-electron chi connectivity index (χ4n) is 5.47. The molecule has 32 heavy (non-hydrogen) atoms. The van der Waals surface area contributed by atoms with Gasteiger partial charge in [-0.15, -0.1) is 0 Å². The number of hydrogen-bond donors (Lipinski definition) is 0. The van der Waals surface area contributed by atoms with Gasteiger partial charge in [-0.3, -0.25) is 9.78 Å². The molecule has 1 aliphatic heterocycles. The quantitative estimate of drug-likeness (QED) is 0.589. The highest BCUT2D eigenvalue weighted by Crippen LogP contribution is 2.43. The number of amides is 1. The zero-order valence-corrected chi connectivity index (χ0v) is 18.3. The summed E-state index contributed by atoms with van der Waals surface area (Å²) in [5.41, 5.74) is 2.44. The van der Waals surface area contributed by atoms with Gasteiger partial charge in [0.15, 0.2) is 0 Å². The first-order valence-electron chi connectivity index (χ1n) is 11.6. The monoisotopic (exact) mass is 432 g/mol. The van der Waals surface area contributed by atoms with Crippen LogP contribution in [0.2, 0.25) is 0 Å². The van der Waals surface area contributed by atoms with E-state index in [2.05, 4.69) is 29.2 Å². The number of nitrogens with zero attached hydrogens (tertiary/aromatic N) is 2. The van der Waals surface area contributed by atoms with Gasteiger partial charge in [-0.05, 0) is 60.7 Å². The van der Waals surface area contributed by atoms with Crippen molar-refractivity contribution in [3.05, 3.63) is 77.7 Å². The molecule has 0 spiro atoms. The largest absolute Gasteiger partial charge is 0.379 e. The van der Waals surface area contributed by atoms with Gasteiger partial charge in [0, 0.05) is 30.6 Å². The molecule has 4 nitrogen and oxygen atoms in total. The van der Waals surface area contributed by atoms with Gasteiger partial charge in [0.2, 0.25) is 5.91 Å². The summed E-state index contributed by atoms with van der Waals surface area (Å²) in [4.78, 5) is 20.3. The van der Waals surface area contributed by atoms with Crippen molar-refractivity contribution in [2.24, 2.45) is 5.92 Å². The molecule has 2 aromatic carbocycles. The number of rotatable bonds is 4. The third kappa shape index (κ3) is 4.14. The Morgan fingerprint density at radius 2 is 2.00 bits per heavy atom. The Balaban J connectivity index is 1.37. The number of halogens is 1. The Morgan fingerprint density at radius 1 is 1.12 bits per heavy atom. The molecule has 1 aromatic heterocycles. The highest BCUT2D eigenvalue weighted by molar-refractivity contribution is 5.88. The summed E-state index contributed by atoms with van der Waals surface area (Å²) >= 11 is 0. The highest BCUT2D eigenvalue weighted by Gasteiger charge is 2.45. The van der Waals surface area contributed by atoms with E-state index in [9.17, 15) is 9.18 Å². The van der Waals surface area contributed by atoms with Crippen LogP contribution in [0, 0.1) is 11.7 Å². The van der Waals surface area contributed by atoms with Crippen molar-refractivity contribution < 1.29 is 13.9 Å². The normalized spacial score (nSPS) is 20.9. The van der Waals surface area contributed by atoms with Gasteiger partial charge in [-0.25, -0.2) is 4.39 Å². The lowest BCUT2D eigenvalue weighted by Gasteiger charge is -2.35. The lowest BCUT2D eigenvalue weighted by atomic mass is 9.77. The first kappa shape index (κ1) is 21.1. The van der Waals surface area contributed by atoms with Crippen molar-refractivity contribution in [2.45, 2.75) is 37.5 Å². The molecule has 2 heterocycles. The van der Waals surface area contributed by atoms with Gasteiger partial charge in [-0.2, -0.15) is 0 Å². The van der Waals surface area contributed by atoms with E-state index in [0.29, 0.717) is 26.3 Å². The number of carbonyl (C=O) groups is 1. The molecule has 0 radical (unpaired) electrons. The van der Waals surface area contributed by atoms with Crippen LogP contribution in [0.1, 0.15) is 36.8 Å². The second-order valence-electron chi connectivity index (χ2n) is 9.23. The van der Waals surface area contributed by atoms with Crippen LogP contribution >= 0.6 is 0 Å². The molecule has 5 rings (SSSR count). The summed E-state index contributed by atoms with van der Waals surface area (Å²) in [5.74, 6) is 0.0878. The van der Waals surface area contributed by atoms with Crippen LogP contribution < -0.4 is 0 Å². The van der Waals surface area contributed by atoms with E-state index in [1.807, 2.05) is 23.2 Å². The maximum Gasteiger partial charge on any atom is 0.233 e. The molecule has 1 saturated heterocycles. The molecule has 1 unspecified atom stereocenters. The minimum absolute atomic E-state index is 0.138. The fraction of sp³-hybridized carbons (Fsp3) is 0.407. The van der Waals surface area contributed by atoms with Crippen LogP contribution in [0.25, 0.3) is 10.9 Å². The Bertz CT molecular complexity index is 1110. The van der Waals surface area contributed by atoms with Crippen LogP contribution in [0.15, 0.2) is 60.8 Å². The third-order valence-corrected chi connectivity index (χ3v) is 7.06. The van der Waals surface area contributed by atoms with E-state index in [4.69, 9.17) is 4.74 Å². The minimum atomic E-state index is -0.606. The molecular weight excluding hydrogens is 403 g/mol. The van der Waals surface area contributed by atoms with Crippen molar-refractivity contribution in [3.63, 3.8) is 0 Å². The van der Waals surface area contributed by atoms with Crippen molar-refractivity contribution in [3.8, 4) is 0 Å². The summed E-state index contributed by atoms with van der Waals surface area (Å²) in [7, 11) is 0. The number of aromatic nitrogens is 1. The van der Waals surface area contributed by atoms with E-state index in [1.165, 1.54) is 11.6 Å². The zero-order chi connectivity index (χ0) is 22.0. The first-order valence-corrected chi connectivity index (χ1v) is 11.6. The maximum atomic E-state index is 14.0. The van der Waals surface area contributed by atoms with Crippen molar-refractivity contribution >= 4 is 16.8 Å². The molecule has 0 bridgehead atoms. The maximum absolute atomic E-state index is 14.0. The fourth-order valence-corrected chi connectivity index (χ4v) is 5.47. The van der Waals surface area contributed by atoms with Crippen LogP contribution in [0.3, 0.4) is 0 Å². The van der Waals surface area contributed by atoms with Crippen LogP contribution in [0.4, 0.5) is 4.39 Å². The molecule has 5 heteroatoms. The van der Waals surface area contributed by atoms with Crippen molar-refractivity contribution in [1.29, 1.82) is 0 Å². The van der Waals surface area contributed by atoms with Crippen molar-refractivity contribution in [2.75, 3.05) is 26.3 Å². The lowest BCUT2D eigenvalue weighted by Crippen LogP contribution is -2.47. The van der Waals surface area contributed by atoms with Crippen LogP contribution in [0.5, 0.6) is 0 Å². The molecule has 1 saturated carbocycles. The van der Waals surface area contributed by atoms with Gasteiger partial charge in [-0.1, -0.05) is 37.1 Å². The summed E-state index contributed by atoms with van der Waals surface area (Å²) in [5, 5.41) is 1.13. The van der Waals surface area contributed by atoms with Gasteiger partial charge >= 0.3 is 0 Å². The van der Waals surface area contributed by atoms with E-state index in [1.54, 1.807) is 12.1 Å². The number of carbonyl (C=O) groups excluding carboxylic acids is 1. The van der Waals surface area contributed by atoms with Gasteiger partial charge in [0.1, 0.15) is 5.82 Å². The molecule has 3 aromatic rings. The van der Waals surface area contributed by atoms with Gasteiger partial charge in [0.05, 0.1) is 24.1 Å². The summed E-state index contributed by atoms with van der Waals surface area (Å²) < 4.78 is 19.9. The average Bonchev–Trinajstić information content (AvgIpc) is 3.20. The molecule has 1 aliphatic carbocycles. The van der Waals surface area contributed by atoms with E-state index >= 15 is 0 Å². The molecular formula is C27H29FN2O2. The molecule has 166 valence electrons.